The second-order valence-corrected chi connectivity index (χ2v) is 7.22. The fourth-order valence-electron chi connectivity index (χ4n) is 3.40. The van der Waals surface area contributed by atoms with Crippen molar-refractivity contribution < 1.29 is 73.8 Å². The van der Waals surface area contributed by atoms with E-state index in [0.717, 1.165) is 0 Å². The van der Waals surface area contributed by atoms with Gasteiger partial charge in [-0.05, 0) is 24.6 Å². The van der Waals surface area contributed by atoms with Gasteiger partial charge in [0.05, 0.1) is 18.8 Å². The fraction of sp³-hybridized carbons (Fsp3) is 0.474. The SMILES string of the molecule is Cc1cc(=O)oc2cc(O[C@@]3(C(=O)[O-])C[C@H](O)[C@@H](N)[C@H]([C@H](O)[C@H](O)CO)O3)ccc12.[Na+]. The van der Waals surface area contributed by atoms with E-state index in [-0.39, 0.29) is 40.9 Å². The molecule has 0 saturated carbocycles. The molecule has 1 aromatic carbocycles. The van der Waals surface area contributed by atoms with Crippen LogP contribution in [0.1, 0.15) is 12.0 Å². The van der Waals surface area contributed by atoms with E-state index in [9.17, 15) is 30.0 Å². The van der Waals surface area contributed by atoms with Crippen molar-refractivity contribution in [1.29, 1.82) is 0 Å². The van der Waals surface area contributed by atoms with Crippen molar-refractivity contribution in [3.8, 4) is 5.75 Å². The normalized spacial score (nSPS) is 27.9. The standard InChI is InChI=1S/C19H23NO10.Na/c1-8-4-14(24)28-13-5-9(2-3-10(8)13)29-19(18(26)27)6-11(22)15(20)17(30-19)16(25)12(23)7-21;/h2-5,11-12,15-17,21-23,25H,6-7,20H2,1H3,(H,26,27);/q;+1/p-1/t11-,12+,15+,16+,17+,19-;/m0./s1. The number of aliphatic hydroxyl groups excluding tert-OH is 4. The van der Waals surface area contributed by atoms with Crippen molar-refractivity contribution in [2.24, 2.45) is 5.73 Å². The van der Waals surface area contributed by atoms with Crippen LogP contribution in [0.25, 0.3) is 11.0 Å². The summed E-state index contributed by atoms with van der Waals surface area (Å²) >= 11 is 0. The van der Waals surface area contributed by atoms with Crippen LogP contribution in [-0.2, 0) is 9.53 Å². The Morgan fingerprint density at radius 2 is 2.06 bits per heavy atom. The minimum atomic E-state index is -2.58. The van der Waals surface area contributed by atoms with Crippen molar-refractivity contribution in [1.82, 2.24) is 0 Å². The summed E-state index contributed by atoms with van der Waals surface area (Å²) in [5.41, 5.74) is 5.95. The Morgan fingerprint density at radius 3 is 2.68 bits per heavy atom. The zero-order valence-electron chi connectivity index (χ0n) is 16.9. The third kappa shape index (κ3) is 5.11. The molecule has 6 atom stereocenters. The van der Waals surface area contributed by atoms with Crippen LogP contribution in [0.15, 0.2) is 33.5 Å². The maximum atomic E-state index is 11.9. The van der Waals surface area contributed by atoms with Crippen molar-refractivity contribution >= 4 is 16.9 Å². The van der Waals surface area contributed by atoms with Crippen LogP contribution in [0.5, 0.6) is 5.75 Å². The molecular formula is C19H22NNaO10. The van der Waals surface area contributed by atoms with Crippen molar-refractivity contribution in [3.63, 3.8) is 0 Å². The molecule has 12 heteroatoms. The first-order chi connectivity index (χ1) is 14.1. The molecule has 0 amide bonds. The van der Waals surface area contributed by atoms with Crippen molar-refractivity contribution in [2.75, 3.05) is 6.61 Å². The molecule has 164 valence electrons. The predicted octanol–water partition coefficient (Wildman–Crippen LogP) is -5.88. The molecule has 0 radical (unpaired) electrons. The molecule has 1 aliphatic rings. The van der Waals surface area contributed by atoms with Gasteiger partial charge in [-0.15, -0.1) is 0 Å². The molecule has 1 aromatic heterocycles. The number of carboxylic acid groups (broad SMARTS) is 1. The van der Waals surface area contributed by atoms with E-state index in [4.69, 9.17) is 24.7 Å². The average molecular weight is 447 g/mol. The summed E-state index contributed by atoms with van der Waals surface area (Å²) in [6.07, 6.45) is -7.29. The Balaban J connectivity index is 0.00000341. The first kappa shape index (κ1) is 25.7. The maximum absolute atomic E-state index is 11.9. The molecule has 31 heavy (non-hydrogen) atoms. The Labute approximate surface area is 198 Å². The third-order valence-corrected chi connectivity index (χ3v) is 5.06. The topological polar surface area (TPSA) is 196 Å². The number of nitrogens with two attached hydrogens (primary N) is 1. The Bertz CT molecular complexity index is 997. The Kier molecular flexibility index (Phi) is 8.25. The van der Waals surface area contributed by atoms with E-state index in [1.54, 1.807) is 13.0 Å². The Morgan fingerprint density at radius 1 is 1.39 bits per heavy atom. The van der Waals surface area contributed by atoms with Crippen LogP contribution in [0, 0.1) is 6.92 Å². The van der Waals surface area contributed by atoms with Crippen LogP contribution in [0.3, 0.4) is 0 Å². The van der Waals surface area contributed by atoms with Gasteiger partial charge in [0.25, 0.3) is 5.79 Å². The molecule has 0 unspecified atom stereocenters. The van der Waals surface area contributed by atoms with E-state index in [1.165, 1.54) is 18.2 Å². The zero-order chi connectivity index (χ0) is 22.2. The fourth-order valence-corrected chi connectivity index (χ4v) is 3.40. The number of carbonyl (C=O) groups excluding carboxylic acids is 1. The minimum absolute atomic E-state index is 0. The molecule has 0 bridgehead atoms. The van der Waals surface area contributed by atoms with E-state index in [0.29, 0.717) is 10.9 Å². The first-order valence-electron chi connectivity index (χ1n) is 9.11. The number of hydrogen-bond donors (Lipinski definition) is 5. The summed E-state index contributed by atoms with van der Waals surface area (Å²) < 4.78 is 16.0. The van der Waals surface area contributed by atoms with Gasteiger partial charge in [-0.25, -0.2) is 4.79 Å². The van der Waals surface area contributed by atoms with Gasteiger partial charge in [0.1, 0.15) is 35.6 Å². The molecule has 1 fully saturated rings. The van der Waals surface area contributed by atoms with Crippen LogP contribution in [-0.4, -0.2) is 69.2 Å². The second-order valence-electron chi connectivity index (χ2n) is 7.22. The third-order valence-electron chi connectivity index (χ3n) is 5.06. The molecule has 0 spiro atoms. The molecule has 1 aliphatic heterocycles. The number of aliphatic carboxylic acids is 1. The van der Waals surface area contributed by atoms with E-state index in [2.05, 4.69) is 0 Å². The number of fused-ring (bicyclic) bond motifs is 1. The molecule has 6 N–H and O–H groups in total. The smallest absolute Gasteiger partial charge is 0.543 e. The van der Waals surface area contributed by atoms with Gasteiger partial charge < -0.3 is 50.0 Å². The molecule has 11 nitrogen and oxygen atoms in total. The maximum Gasteiger partial charge on any atom is 1.00 e. The number of carbonyl (C=O) groups is 1. The van der Waals surface area contributed by atoms with Gasteiger partial charge >= 0.3 is 35.2 Å². The molecular weight excluding hydrogens is 425 g/mol. The summed E-state index contributed by atoms with van der Waals surface area (Å²) in [5.74, 6) is -4.53. The van der Waals surface area contributed by atoms with Crippen molar-refractivity contribution in [2.45, 2.75) is 49.6 Å². The Hall–Kier alpha value is -1.54. The van der Waals surface area contributed by atoms with Crippen LogP contribution >= 0.6 is 0 Å². The van der Waals surface area contributed by atoms with Gasteiger partial charge in [0, 0.05) is 23.9 Å². The van der Waals surface area contributed by atoms with E-state index < -0.39 is 60.9 Å². The summed E-state index contributed by atoms with van der Waals surface area (Å²) in [7, 11) is 0. The second kappa shape index (κ2) is 9.94. The molecule has 1 saturated heterocycles. The number of benzene rings is 1. The average Bonchev–Trinajstić information content (AvgIpc) is 2.68. The van der Waals surface area contributed by atoms with Gasteiger partial charge in [-0.3, -0.25) is 0 Å². The largest absolute Gasteiger partial charge is 1.00 e. The van der Waals surface area contributed by atoms with Crippen LogP contribution in [0.4, 0.5) is 0 Å². The van der Waals surface area contributed by atoms with Gasteiger partial charge in [-0.1, -0.05) is 0 Å². The summed E-state index contributed by atoms with van der Waals surface area (Å²) in [6.45, 7) is 0.842. The van der Waals surface area contributed by atoms with Gasteiger partial charge in [0.2, 0.25) is 0 Å². The number of hydrogen-bond acceptors (Lipinski definition) is 11. The monoisotopic (exact) mass is 447 g/mol. The molecule has 2 aromatic rings. The summed E-state index contributed by atoms with van der Waals surface area (Å²) in [4.78, 5) is 23.5. The number of aryl methyl sites for hydroxylation is 1. The van der Waals surface area contributed by atoms with Gasteiger partial charge in [-0.2, -0.15) is 0 Å². The number of carboxylic acids is 1. The minimum Gasteiger partial charge on any atom is -0.543 e. The first-order valence-corrected chi connectivity index (χ1v) is 9.11. The van der Waals surface area contributed by atoms with E-state index >= 15 is 0 Å². The number of ether oxygens (including phenoxy) is 2. The van der Waals surface area contributed by atoms with Crippen LogP contribution in [0.2, 0.25) is 0 Å². The summed E-state index contributed by atoms with van der Waals surface area (Å²) in [5, 5.41) is 51.7. The predicted molar refractivity (Wildman–Crippen MR) is 98.2 cm³/mol. The zero-order valence-corrected chi connectivity index (χ0v) is 18.9. The van der Waals surface area contributed by atoms with Crippen molar-refractivity contribution in [3.05, 3.63) is 40.2 Å². The number of aliphatic hydroxyl groups is 4. The molecule has 0 aliphatic carbocycles. The van der Waals surface area contributed by atoms with Crippen LogP contribution < -0.4 is 50.8 Å². The molecule has 2 heterocycles. The molecule has 3 rings (SSSR count). The van der Waals surface area contributed by atoms with Gasteiger partial charge in [0.15, 0.2) is 0 Å². The quantitative estimate of drug-likeness (QED) is 0.209. The summed E-state index contributed by atoms with van der Waals surface area (Å²) in [6, 6.07) is 4.23. The number of rotatable bonds is 6. The van der Waals surface area contributed by atoms with E-state index in [1.807, 2.05) is 0 Å².